The quantitative estimate of drug-likeness (QED) is 0.774. The number of ether oxygens (including phenoxy) is 2. The summed E-state index contributed by atoms with van der Waals surface area (Å²) in [7, 11) is 3.11. The van der Waals surface area contributed by atoms with Crippen LogP contribution in [0.25, 0.3) is 0 Å². The lowest BCUT2D eigenvalue weighted by molar-refractivity contribution is -0.151. The summed E-state index contributed by atoms with van der Waals surface area (Å²) < 4.78 is 10.5. The Morgan fingerprint density at radius 2 is 2.00 bits per heavy atom. The molecule has 0 radical (unpaired) electrons. The molecule has 2 heterocycles. The Balaban J connectivity index is 1.51. The fourth-order valence-electron chi connectivity index (χ4n) is 4.61. The first-order valence-corrected chi connectivity index (χ1v) is 9.94. The summed E-state index contributed by atoms with van der Waals surface area (Å²) in [6.07, 6.45) is 3.55. The van der Waals surface area contributed by atoms with Gasteiger partial charge in [0, 0.05) is 6.07 Å². The number of carbonyl (C=O) groups is 2. The van der Waals surface area contributed by atoms with Crippen LogP contribution in [-0.2, 0) is 9.59 Å². The van der Waals surface area contributed by atoms with Crippen molar-refractivity contribution in [3.05, 3.63) is 18.2 Å². The van der Waals surface area contributed by atoms with Gasteiger partial charge in [-0.25, -0.2) is 0 Å². The first kappa shape index (κ1) is 19.4. The molecule has 29 heavy (non-hydrogen) atoms. The van der Waals surface area contributed by atoms with E-state index < -0.39 is 6.17 Å². The molecule has 9 heteroatoms. The minimum atomic E-state index is -0.516. The Morgan fingerprint density at radius 3 is 2.72 bits per heavy atom. The van der Waals surface area contributed by atoms with Crippen LogP contribution in [0.4, 0.5) is 5.69 Å². The van der Waals surface area contributed by atoms with Gasteiger partial charge in [-0.15, -0.1) is 0 Å². The van der Waals surface area contributed by atoms with E-state index in [1.165, 1.54) is 7.11 Å². The topological polar surface area (TPSA) is 95.5 Å². The number of hydrogen-bond acceptors (Lipinski definition) is 7. The van der Waals surface area contributed by atoms with Crippen LogP contribution in [0.15, 0.2) is 23.3 Å². The fraction of sp³-hybridized carbons (Fsp3) is 0.550. The molecule has 1 aromatic rings. The van der Waals surface area contributed by atoms with E-state index in [2.05, 4.69) is 20.7 Å². The summed E-state index contributed by atoms with van der Waals surface area (Å²) in [4.78, 5) is 29.8. The molecular weight excluding hydrogens is 374 g/mol. The third-order valence-electron chi connectivity index (χ3n) is 5.97. The maximum Gasteiger partial charge on any atom is 0.268 e. The number of benzene rings is 1. The van der Waals surface area contributed by atoms with Crippen LogP contribution in [0.5, 0.6) is 11.5 Å². The molecule has 9 nitrogen and oxygen atoms in total. The molecule has 0 bridgehead atoms. The second-order valence-corrected chi connectivity index (χ2v) is 7.60. The number of carbonyl (C=O) groups excluding carboxylic acids is 2. The first-order valence-electron chi connectivity index (χ1n) is 9.94. The second-order valence-electron chi connectivity index (χ2n) is 7.60. The van der Waals surface area contributed by atoms with Crippen LogP contribution < -0.4 is 20.2 Å². The third-order valence-corrected chi connectivity index (χ3v) is 5.97. The van der Waals surface area contributed by atoms with Gasteiger partial charge in [0.1, 0.15) is 23.9 Å². The number of nitrogens with zero attached hydrogens (tertiary/aromatic N) is 3. The van der Waals surface area contributed by atoms with Crippen molar-refractivity contribution in [2.45, 2.75) is 50.9 Å². The standard InChI is InChI=1S/C20H27N5O4/c1-12-22-23-19-20(27)24(15-6-4-5-7-16(15)25(12)19)11-18(26)21-14-9-8-13(28-2)10-17(14)29-3/h8-10,15-16,19,23H,4-7,11H2,1-3H3,(H,21,26). The van der Waals surface area contributed by atoms with Gasteiger partial charge in [0.2, 0.25) is 5.91 Å². The van der Waals surface area contributed by atoms with E-state index in [4.69, 9.17) is 9.47 Å². The number of methoxy groups -OCH3 is 2. The lowest BCUT2D eigenvalue weighted by atomic mass is 9.85. The van der Waals surface area contributed by atoms with Gasteiger partial charge >= 0.3 is 0 Å². The monoisotopic (exact) mass is 401 g/mol. The molecule has 2 N–H and O–H groups in total. The average Bonchev–Trinajstić information content (AvgIpc) is 3.13. The highest BCUT2D eigenvalue weighted by atomic mass is 16.5. The van der Waals surface area contributed by atoms with Crippen molar-refractivity contribution >= 4 is 23.3 Å². The Kier molecular flexibility index (Phi) is 5.21. The summed E-state index contributed by atoms with van der Waals surface area (Å²) in [5, 5.41) is 7.13. The van der Waals surface area contributed by atoms with Gasteiger partial charge in [-0.3, -0.25) is 15.0 Å². The van der Waals surface area contributed by atoms with Gasteiger partial charge < -0.3 is 24.6 Å². The van der Waals surface area contributed by atoms with E-state index in [0.29, 0.717) is 17.2 Å². The maximum atomic E-state index is 13.1. The molecule has 3 atom stereocenters. The molecule has 2 fully saturated rings. The summed E-state index contributed by atoms with van der Waals surface area (Å²) in [6.45, 7) is 1.92. The molecule has 3 aliphatic rings. The van der Waals surface area contributed by atoms with Crippen LogP contribution in [0.1, 0.15) is 32.6 Å². The van der Waals surface area contributed by atoms with E-state index in [9.17, 15) is 9.59 Å². The first-order chi connectivity index (χ1) is 14.0. The zero-order valence-corrected chi connectivity index (χ0v) is 17.0. The normalized spacial score (nSPS) is 25.6. The maximum absolute atomic E-state index is 13.1. The predicted molar refractivity (Wildman–Crippen MR) is 108 cm³/mol. The van der Waals surface area contributed by atoms with Crippen LogP contribution >= 0.6 is 0 Å². The van der Waals surface area contributed by atoms with E-state index >= 15 is 0 Å². The van der Waals surface area contributed by atoms with Gasteiger partial charge in [0.05, 0.1) is 32.0 Å². The number of amides is 2. The minimum Gasteiger partial charge on any atom is -0.497 e. The Labute approximate surface area is 170 Å². The SMILES string of the molecule is COc1ccc(NC(=O)CN2C(=O)C3NN=C(C)N3C3CCCCC32)c(OC)c1. The molecule has 1 saturated carbocycles. The second kappa shape index (κ2) is 7.81. The van der Waals surface area contributed by atoms with Gasteiger partial charge in [0.25, 0.3) is 5.91 Å². The Hall–Kier alpha value is -2.97. The molecule has 0 aromatic heterocycles. The van der Waals surface area contributed by atoms with Crippen molar-refractivity contribution in [1.29, 1.82) is 0 Å². The molecule has 1 aliphatic carbocycles. The molecule has 1 saturated heterocycles. The number of amidine groups is 1. The number of nitrogens with one attached hydrogen (secondary N) is 2. The zero-order valence-electron chi connectivity index (χ0n) is 17.0. The van der Waals surface area contributed by atoms with Crippen molar-refractivity contribution in [2.24, 2.45) is 5.10 Å². The number of hydrazone groups is 1. The molecule has 1 aromatic carbocycles. The van der Waals surface area contributed by atoms with Gasteiger partial charge in [-0.1, -0.05) is 12.8 Å². The van der Waals surface area contributed by atoms with E-state index in [-0.39, 0.29) is 30.4 Å². The smallest absolute Gasteiger partial charge is 0.268 e. The molecule has 0 spiro atoms. The largest absolute Gasteiger partial charge is 0.497 e. The van der Waals surface area contributed by atoms with Crippen LogP contribution in [0, 0.1) is 0 Å². The molecule has 2 aliphatic heterocycles. The van der Waals surface area contributed by atoms with Crippen molar-refractivity contribution in [3.8, 4) is 11.5 Å². The number of fused-ring (bicyclic) bond motifs is 3. The predicted octanol–water partition coefficient (Wildman–Crippen LogP) is 1.36. The van der Waals surface area contributed by atoms with Crippen molar-refractivity contribution < 1.29 is 19.1 Å². The molecular formula is C20H27N5O4. The van der Waals surface area contributed by atoms with Crippen LogP contribution in [0.2, 0.25) is 0 Å². The lowest BCUT2D eigenvalue weighted by Crippen LogP contribution is -2.69. The van der Waals surface area contributed by atoms with Crippen LogP contribution in [0.3, 0.4) is 0 Å². The minimum absolute atomic E-state index is 0.000249. The summed E-state index contributed by atoms with van der Waals surface area (Å²) >= 11 is 0. The Morgan fingerprint density at radius 1 is 1.24 bits per heavy atom. The highest BCUT2D eigenvalue weighted by Crippen LogP contribution is 2.35. The molecule has 156 valence electrons. The van der Waals surface area contributed by atoms with Crippen molar-refractivity contribution in [2.75, 3.05) is 26.1 Å². The molecule has 2 amide bonds. The van der Waals surface area contributed by atoms with E-state index in [1.54, 1.807) is 30.2 Å². The molecule has 4 rings (SSSR count). The van der Waals surface area contributed by atoms with Gasteiger partial charge in [-0.2, -0.15) is 5.10 Å². The number of rotatable bonds is 5. The highest BCUT2D eigenvalue weighted by Gasteiger charge is 2.50. The number of anilines is 1. The highest BCUT2D eigenvalue weighted by molar-refractivity contribution is 5.98. The van der Waals surface area contributed by atoms with Crippen molar-refractivity contribution in [1.82, 2.24) is 15.2 Å². The summed E-state index contributed by atoms with van der Waals surface area (Å²) in [5.74, 6) is 1.62. The number of hydrogen-bond donors (Lipinski definition) is 2. The lowest BCUT2D eigenvalue weighted by Gasteiger charge is -2.50. The Bertz CT molecular complexity index is 842. The van der Waals surface area contributed by atoms with E-state index in [0.717, 1.165) is 31.5 Å². The zero-order chi connectivity index (χ0) is 20.5. The summed E-state index contributed by atoms with van der Waals surface area (Å²) in [5.41, 5.74) is 3.48. The van der Waals surface area contributed by atoms with E-state index in [1.807, 2.05) is 6.92 Å². The van der Waals surface area contributed by atoms with Crippen LogP contribution in [-0.4, -0.2) is 66.5 Å². The number of piperazine rings is 1. The summed E-state index contributed by atoms with van der Waals surface area (Å²) in [6, 6.07) is 5.39. The van der Waals surface area contributed by atoms with Crippen molar-refractivity contribution in [3.63, 3.8) is 0 Å². The molecule has 3 unspecified atom stereocenters. The van der Waals surface area contributed by atoms with Gasteiger partial charge in [-0.05, 0) is 31.9 Å². The third kappa shape index (κ3) is 3.45. The fourth-order valence-corrected chi connectivity index (χ4v) is 4.61. The van der Waals surface area contributed by atoms with Gasteiger partial charge in [0.15, 0.2) is 6.17 Å². The average molecular weight is 401 g/mol.